The Morgan fingerprint density at radius 2 is 2.08 bits per heavy atom. The molecule has 122 valence electrons. The fourth-order valence-electron chi connectivity index (χ4n) is 2.49. The number of hydrogen-bond acceptors (Lipinski definition) is 3. The minimum Gasteiger partial charge on any atom is -0.292 e. The Bertz CT molecular complexity index is 815. The summed E-state index contributed by atoms with van der Waals surface area (Å²) in [6, 6.07) is 11.8. The van der Waals surface area contributed by atoms with Crippen LogP contribution in [0.1, 0.15) is 28.5 Å². The average molecular weight is 324 g/mol. The summed E-state index contributed by atoms with van der Waals surface area (Å²) in [4.78, 5) is 18.4. The lowest BCUT2D eigenvalue weighted by Gasteiger charge is -2.19. The molecule has 0 aliphatic rings. The molecule has 5 nitrogen and oxygen atoms in total. The third-order valence-corrected chi connectivity index (χ3v) is 3.68. The molecular formula is C18H17FN4O. The van der Waals surface area contributed by atoms with E-state index in [1.54, 1.807) is 29.3 Å². The number of hydrogen-bond donors (Lipinski definition) is 1. The molecule has 1 N–H and O–H groups in total. The fourth-order valence-corrected chi connectivity index (χ4v) is 2.49. The van der Waals surface area contributed by atoms with Crippen molar-refractivity contribution in [2.24, 2.45) is 0 Å². The number of pyridine rings is 1. The van der Waals surface area contributed by atoms with Crippen molar-refractivity contribution in [1.29, 1.82) is 0 Å². The van der Waals surface area contributed by atoms with Gasteiger partial charge >= 0.3 is 0 Å². The van der Waals surface area contributed by atoms with Gasteiger partial charge in [0.25, 0.3) is 5.91 Å². The largest absolute Gasteiger partial charge is 0.292 e. The average Bonchev–Trinajstić information content (AvgIpc) is 3.11. The summed E-state index contributed by atoms with van der Waals surface area (Å²) in [6.45, 7) is 2.38. The van der Waals surface area contributed by atoms with E-state index in [-0.39, 0.29) is 11.7 Å². The van der Waals surface area contributed by atoms with E-state index < -0.39 is 0 Å². The molecule has 3 rings (SSSR count). The third-order valence-electron chi connectivity index (χ3n) is 3.68. The summed E-state index contributed by atoms with van der Waals surface area (Å²) >= 11 is 0. The lowest BCUT2D eigenvalue weighted by Crippen LogP contribution is -2.31. The summed E-state index contributed by atoms with van der Waals surface area (Å²) in [5.74, 6) is 0.139. The second kappa shape index (κ2) is 7.04. The minimum atomic E-state index is -0.251. The van der Waals surface area contributed by atoms with Crippen LogP contribution >= 0.6 is 0 Å². The fraction of sp³-hybridized carbons (Fsp3) is 0.167. The first kappa shape index (κ1) is 15.9. The zero-order chi connectivity index (χ0) is 16.9. The van der Waals surface area contributed by atoms with E-state index in [4.69, 9.17) is 0 Å². The van der Waals surface area contributed by atoms with E-state index in [9.17, 15) is 9.18 Å². The van der Waals surface area contributed by atoms with Gasteiger partial charge in [-0.3, -0.25) is 14.8 Å². The highest BCUT2D eigenvalue weighted by molar-refractivity contribution is 6.04. The van der Waals surface area contributed by atoms with Crippen molar-refractivity contribution in [2.45, 2.75) is 13.3 Å². The van der Waals surface area contributed by atoms with E-state index >= 15 is 0 Å². The van der Waals surface area contributed by atoms with Crippen molar-refractivity contribution in [2.75, 3.05) is 11.4 Å². The van der Waals surface area contributed by atoms with E-state index in [1.165, 1.54) is 18.3 Å². The van der Waals surface area contributed by atoms with Gasteiger partial charge in [-0.15, -0.1) is 0 Å². The Morgan fingerprint density at radius 1 is 1.21 bits per heavy atom. The Labute approximate surface area is 139 Å². The second-order valence-corrected chi connectivity index (χ2v) is 5.35. The molecule has 3 aromatic rings. The highest BCUT2D eigenvalue weighted by Crippen LogP contribution is 2.16. The van der Waals surface area contributed by atoms with Crippen molar-refractivity contribution in [3.05, 3.63) is 77.5 Å². The van der Waals surface area contributed by atoms with Crippen LogP contribution in [-0.2, 0) is 6.42 Å². The standard InChI is InChI=1S/C18H17FN4O/c1-2-23(18(24)16-8-9-21-22-16)17-7-6-14(12-20-17)10-13-4-3-5-15(19)11-13/h3-9,11-12H,2,10H2,1H3,(H,21,22). The normalized spacial score (nSPS) is 10.6. The molecule has 0 unspecified atom stereocenters. The lowest BCUT2D eigenvalue weighted by molar-refractivity contribution is 0.0982. The van der Waals surface area contributed by atoms with Crippen molar-refractivity contribution >= 4 is 11.7 Å². The molecule has 0 radical (unpaired) electrons. The first-order chi connectivity index (χ1) is 11.7. The van der Waals surface area contributed by atoms with Crippen molar-refractivity contribution in [3.63, 3.8) is 0 Å². The van der Waals surface area contributed by atoms with Gasteiger partial charge in [0.1, 0.15) is 17.3 Å². The smallest absolute Gasteiger partial charge is 0.277 e. The van der Waals surface area contributed by atoms with Crippen molar-refractivity contribution in [3.8, 4) is 0 Å². The highest BCUT2D eigenvalue weighted by atomic mass is 19.1. The number of benzene rings is 1. The van der Waals surface area contributed by atoms with Crippen LogP contribution < -0.4 is 4.90 Å². The van der Waals surface area contributed by atoms with Gasteiger partial charge in [0, 0.05) is 18.9 Å². The van der Waals surface area contributed by atoms with E-state index in [1.807, 2.05) is 19.1 Å². The minimum absolute atomic E-state index is 0.180. The molecule has 1 amide bonds. The Morgan fingerprint density at radius 3 is 2.71 bits per heavy atom. The number of nitrogens with zero attached hydrogens (tertiary/aromatic N) is 3. The van der Waals surface area contributed by atoms with Crippen LogP contribution in [0.15, 0.2) is 54.9 Å². The SMILES string of the molecule is CCN(C(=O)c1ccn[nH]1)c1ccc(Cc2cccc(F)c2)cn1. The molecule has 0 spiro atoms. The maximum absolute atomic E-state index is 13.2. The molecular weight excluding hydrogens is 307 g/mol. The summed E-state index contributed by atoms with van der Waals surface area (Å²) in [5.41, 5.74) is 2.25. The number of aromatic nitrogens is 3. The summed E-state index contributed by atoms with van der Waals surface area (Å²) in [7, 11) is 0. The molecule has 2 aromatic heterocycles. The molecule has 0 atom stereocenters. The predicted octanol–water partition coefficient (Wildman–Crippen LogP) is 3.20. The van der Waals surface area contributed by atoms with Gasteiger partial charge in [-0.2, -0.15) is 5.10 Å². The van der Waals surface area contributed by atoms with Crippen LogP contribution in [-0.4, -0.2) is 27.6 Å². The lowest BCUT2D eigenvalue weighted by atomic mass is 10.1. The third kappa shape index (κ3) is 3.48. The van der Waals surface area contributed by atoms with Crippen LogP contribution in [0.4, 0.5) is 10.2 Å². The van der Waals surface area contributed by atoms with E-state index in [2.05, 4.69) is 15.2 Å². The molecule has 0 aliphatic heterocycles. The number of halogens is 1. The first-order valence-corrected chi connectivity index (χ1v) is 7.68. The number of anilines is 1. The predicted molar refractivity (Wildman–Crippen MR) is 89.4 cm³/mol. The zero-order valence-corrected chi connectivity index (χ0v) is 13.2. The van der Waals surface area contributed by atoms with Gasteiger partial charge < -0.3 is 0 Å². The molecule has 24 heavy (non-hydrogen) atoms. The van der Waals surface area contributed by atoms with Gasteiger partial charge in [0.05, 0.1) is 0 Å². The molecule has 1 aromatic carbocycles. The van der Waals surface area contributed by atoms with E-state index in [0.717, 1.165) is 11.1 Å². The molecule has 2 heterocycles. The zero-order valence-electron chi connectivity index (χ0n) is 13.2. The van der Waals surface area contributed by atoms with Gasteiger partial charge in [-0.05, 0) is 48.7 Å². The van der Waals surface area contributed by atoms with Gasteiger partial charge in [0.15, 0.2) is 0 Å². The maximum Gasteiger partial charge on any atom is 0.277 e. The van der Waals surface area contributed by atoms with Gasteiger partial charge in [0.2, 0.25) is 0 Å². The molecule has 0 fully saturated rings. The number of carbonyl (C=O) groups is 1. The van der Waals surface area contributed by atoms with Crippen LogP contribution in [0.3, 0.4) is 0 Å². The van der Waals surface area contributed by atoms with Crippen LogP contribution in [0.25, 0.3) is 0 Å². The van der Waals surface area contributed by atoms with Crippen LogP contribution in [0.5, 0.6) is 0 Å². The van der Waals surface area contributed by atoms with Crippen molar-refractivity contribution < 1.29 is 9.18 Å². The van der Waals surface area contributed by atoms with Crippen LogP contribution in [0, 0.1) is 5.82 Å². The monoisotopic (exact) mass is 324 g/mol. The maximum atomic E-state index is 13.2. The topological polar surface area (TPSA) is 61.9 Å². The molecule has 0 saturated heterocycles. The Kier molecular flexibility index (Phi) is 4.65. The molecule has 6 heteroatoms. The number of carbonyl (C=O) groups excluding carboxylic acids is 1. The Hall–Kier alpha value is -3.02. The number of aromatic amines is 1. The quantitative estimate of drug-likeness (QED) is 0.784. The van der Waals surface area contributed by atoms with Crippen molar-refractivity contribution in [1.82, 2.24) is 15.2 Å². The number of rotatable bonds is 5. The summed E-state index contributed by atoms with van der Waals surface area (Å²) < 4.78 is 13.2. The first-order valence-electron chi connectivity index (χ1n) is 7.68. The number of H-pyrrole nitrogens is 1. The highest BCUT2D eigenvalue weighted by Gasteiger charge is 2.18. The number of nitrogens with one attached hydrogen (secondary N) is 1. The second-order valence-electron chi connectivity index (χ2n) is 5.35. The van der Waals surface area contributed by atoms with Gasteiger partial charge in [-0.1, -0.05) is 18.2 Å². The number of amides is 1. The molecule has 0 bridgehead atoms. The molecule has 0 saturated carbocycles. The summed E-state index contributed by atoms with van der Waals surface area (Å²) in [6.07, 6.45) is 3.84. The van der Waals surface area contributed by atoms with E-state index in [0.29, 0.717) is 24.5 Å². The molecule has 0 aliphatic carbocycles. The van der Waals surface area contributed by atoms with Crippen LogP contribution in [0.2, 0.25) is 0 Å². The summed E-state index contributed by atoms with van der Waals surface area (Å²) in [5, 5.41) is 6.46. The Balaban J connectivity index is 1.76. The van der Waals surface area contributed by atoms with Gasteiger partial charge in [-0.25, -0.2) is 9.37 Å².